The van der Waals surface area contributed by atoms with Gasteiger partial charge in [-0.25, -0.2) is 0 Å². The van der Waals surface area contributed by atoms with Gasteiger partial charge in [0, 0.05) is 38.8 Å². The third-order valence-corrected chi connectivity index (χ3v) is 4.02. The summed E-state index contributed by atoms with van der Waals surface area (Å²) in [7, 11) is 2.04. The molecule has 0 spiro atoms. The van der Waals surface area contributed by atoms with E-state index in [4.69, 9.17) is 0 Å². The molecule has 20 heavy (non-hydrogen) atoms. The van der Waals surface area contributed by atoms with Crippen LogP contribution >= 0.6 is 0 Å². The molecule has 106 valence electrons. The molecule has 1 aliphatic heterocycles. The van der Waals surface area contributed by atoms with Gasteiger partial charge in [0.15, 0.2) is 5.82 Å². The van der Waals surface area contributed by atoms with Crippen LogP contribution in [0.3, 0.4) is 0 Å². The quantitative estimate of drug-likeness (QED) is 0.899. The summed E-state index contributed by atoms with van der Waals surface area (Å²) in [6.07, 6.45) is 0. The Balaban J connectivity index is 1.94. The molecule has 1 fully saturated rings. The minimum absolute atomic E-state index is 0.932. The molecule has 0 aliphatic carbocycles. The molecular formula is C15H21N5. The van der Waals surface area contributed by atoms with Crippen LogP contribution < -0.4 is 10.2 Å². The highest BCUT2D eigenvalue weighted by molar-refractivity contribution is 5.59. The van der Waals surface area contributed by atoms with Crippen molar-refractivity contribution < 1.29 is 0 Å². The number of aromatic nitrogens is 3. The van der Waals surface area contributed by atoms with E-state index in [1.54, 1.807) is 0 Å². The highest BCUT2D eigenvalue weighted by Gasteiger charge is 2.18. The molecule has 0 bridgehead atoms. The van der Waals surface area contributed by atoms with Crippen LogP contribution in [0.4, 0.5) is 5.95 Å². The van der Waals surface area contributed by atoms with Gasteiger partial charge in [0.25, 0.3) is 0 Å². The molecule has 0 unspecified atom stereocenters. The topological polar surface area (TPSA) is 46.0 Å². The molecule has 1 aliphatic rings. The molecule has 0 amide bonds. The average molecular weight is 271 g/mol. The second-order valence-electron chi connectivity index (χ2n) is 5.42. The van der Waals surface area contributed by atoms with Crippen molar-refractivity contribution in [3.63, 3.8) is 0 Å². The first-order valence-electron chi connectivity index (χ1n) is 7.09. The van der Waals surface area contributed by atoms with Crippen LogP contribution in [0.1, 0.15) is 11.1 Å². The standard InChI is InChI=1S/C15H21N5/c1-11-4-5-13(10-12(11)2)14-17-18-15(19(14)3)20-8-6-16-7-9-20/h4-5,10,16H,6-9H2,1-3H3. The second-order valence-corrected chi connectivity index (χ2v) is 5.42. The summed E-state index contributed by atoms with van der Waals surface area (Å²) in [6.45, 7) is 8.24. The number of aryl methyl sites for hydroxylation is 2. The molecule has 1 aromatic heterocycles. The lowest BCUT2D eigenvalue weighted by Crippen LogP contribution is -2.44. The van der Waals surface area contributed by atoms with Gasteiger partial charge in [-0.15, -0.1) is 10.2 Å². The number of hydrogen-bond acceptors (Lipinski definition) is 4. The average Bonchev–Trinajstić information content (AvgIpc) is 2.85. The summed E-state index contributed by atoms with van der Waals surface area (Å²) >= 11 is 0. The van der Waals surface area contributed by atoms with Gasteiger partial charge in [0.2, 0.25) is 5.95 Å². The van der Waals surface area contributed by atoms with Gasteiger partial charge < -0.3 is 10.2 Å². The third-order valence-electron chi connectivity index (χ3n) is 4.02. The van der Waals surface area contributed by atoms with E-state index in [0.29, 0.717) is 0 Å². The zero-order valence-corrected chi connectivity index (χ0v) is 12.3. The number of benzene rings is 1. The van der Waals surface area contributed by atoms with E-state index in [-0.39, 0.29) is 0 Å². The molecule has 2 heterocycles. The Kier molecular flexibility index (Phi) is 3.44. The number of rotatable bonds is 2. The van der Waals surface area contributed by atoms with Crippen LogP contribution in [0.15, 0.2) is 18.2 Å². The maximum Gasteiger partial charge on any atom is 0.227 e. The van der Waals surface area contributed by atoms with Gasteiger partial charge in [-0.2, -0.15) is 0 Å². The van der Waals surface area contributed by atoms with Crippen molar-refractivity contribution in [1.29, 1.82) is 0 Å². The van der Waals surface area contributed by atoms with Crippen LogP contribution in [0, 0.1) is 13.8 Å². The van der Waals surface area contributed by atoms with E-state index in [2.05, 4.69) is 57.0 Å². The lowest BCUT2D eigenvalue weighted by Gasteiger charge is -2.27. The van der Waals surface area contributed by atoms with E-state index in [1.165, 1.54) is 11.1 Å². The highest BCUT2D eigenvalue weighted by Crippen LogP contribution is 2.23. The Morgan fingerprint density at radius 2 is 1.80 bits per heavy atom. The van der Waals surface area contributed by atoms with Gasteiger partial charge in [0.05, 0.1) is 0 Å². The van der Waals surface area contributed by atoms with Gasteiger partial charge in [-0.3, -0.25) is 4.57 Å². The maximum absolute atomic E-state index is 4.38. The third kappa shape index (κ3) is 2.29. The SMILES string of the molecule is Cc1ccc(-c2nnc(N3CCNCC3)n2C)cc1C. The van der Waals surface area contributed by atoms with E-state index >= 15 is 0 Å². The number of nitrogens with zero attached hydrogens (tertiary/aromatic N) is 4. The van der Waals surface area contributed by atoms with Crippen LogP contribution in [0.25, 0.3) is 11.4 Å². The summed E-state index contributed by atoms with van der Waals surface area (Å²) in [5.74, 6) is 1.89. The van der Waals surface area contributed by atoms with Crippen molar-refractivity contribution in [3.05, 3.63) is 29.3 Å². The van der Waals surface area contributed by atoms with E-state index in [9.17, 15) is 0 Å². The van der Waals surface area contributed by atoms with E-state index < -0.39 is 0 Å². The predicted molar refractivity (Wildman–Crippen MR) is 81.0 cm³/mol. The van der Waals surface area contributed by atoms with Crippen molar-refractivity contribution in [3.8, 4) is 11.4 Å². The first-order chi connectivity index (χ1) is 9.66. The molecular weight excluding hydrogens is 250 g/mol. The van der Waals surface area contributed by atoms with E-state index in [0.717, 1.165) is 43.5 Å². The minimum Gasteiger partial charge on any atom is -0.338 e. The molecule has 1 saturated heterocycles. The Hall–Kier alpha value is -1.88. The van der Waals surface area contributed by atoms with Gasteiger partial charge in [-0.05, 0) is 31.0 Å². The van der Waals surface area contributed by atoms with Crippen LogP contribution in [-0.2, 0) is 7.05 Å². The number of hydrogen-bond donors (Lipinski definition) is 1. The van der Waals surface area contributed by atoms with Gasteiger partial charge >= 0.3 is 0 Å². The first-order valence-corrected chi connectivity index (χ1v) is 7.09. The maximum atomic E-state index is 4.38. The summed E-state index contributed by atoms with van der Waals surface area (Å²) in [5, 5.41) is 12.1. The predicted octanol–water partition coefficient (Wildman–Crippen LogP) is 1.51. The number of nitrogens with one attached hydrogen (secondary N) is 1. The largest absolute Gasteiger partial charge is 0.338 e. The smallest absolute Gasteiger partial charge is 0.227 e. The molecule has 3 rings (SSSR count). The molecule has 0 saturated carbocycles. The Morgan fingerprint density at radius 1 is 1.05 bits per heavy atom. The van der Waals surface area contributed by atoms with Crippen LogP contribution in [0.2, 0.25) is 0 Å². The van der Waals surface area contributed by atoms with Crippen molar-refractivity contribution in [2.24, 2.45) is 7.05 Å². The molecule has 0 radical (unpaired) electrons. The Morgan fingerprint density at radius 3 is 2.50 bits per heavy atom. The monoisotopic (exact) mass is 271 g/mol. The van der Waals surface area contributed by atoms with Crippen molar-refractivity contribution in [1.82, 2.24) is 20.1 Å². The summed E-state index contributed by atoms with van der Waals surface area (Å²) in [6, 6.07) is 6.44. The normalized spacial score (nSPS) is 15.7. The fourth-order valence-electron chi connectivity index (χ4n) is 2.59. The lowest BCUT2D eigenvalue weighted by atomic mass is 10.1. The fraction of sp³-hybridized carbons (Fsp3) is 0.467. The zero-order chi connectivity index (χ0) is 14.1. The molecule has 2 aromatic rings. The van der Waals surface area contributed by atoms with Gasteiger partial charge in [-0.1, -0.05) is 12.1 Å². The fourth-order valence-corrected chi connectivity index (χ4v) is 2.59. The summed E-state index contributed by atoms with van der Waals surface area (Å²) in [5.41, 5.74) is 3.72. The Labute approximate surface area is 119 Å². The van der Waals surface area contributed by atoms with Crippen LogP contribution in [0.5, 0.6) is 0 Å². The zero-order valence-electron chi connectivity index (χ0n) is 12.3. The second kappa shape index (κ2) is 5.25. The van der Waals surface area contributed by atoms with Crippen LogP contribution in [-0.4, -0.2) is 40.9 Å². The van der Waals surface area contributed by atoms with Crippen molar-refractivity contribution in [2.75, 3.05) is 31.1 Å². The summed E-state index contributed by atoms with van der Waals surface area (Å²) < 4.78 is 2.09. The molecule has 1 aromatic carbocycles. The number of piperazine rings is 1. The lowest BCUT2D eigenvalue weighted by molar-refractivity contribution is 0.573. The van der Waals surface area contributed by atoms with Gasteiger partial charge in [0.1, 0.15) is 0 Å². The minimum atomic E-state index is 0.932. The van der Waals surface area contributed by atoms with Crippen molar-refractivity contribution >= 4 is 5.95 Å². The molecule has 5 heteroatoms. The molecule has 0 atom stereocenters. The Bertz CT molecular complexity index is 611. The summed E-state index contributed by atoms with van der Waals surface area (Å²) in [4.78, 5) is 2.29. The highest BCUT2D eigenvalue weighted by atomic mass is 15.4. The number of anilines is 1. The first kappa shape index (κ1) is 13.1. The molecule has 1 N–H and O–H groups in total. The van der Waals surface area contributed by atoms with Crippen molar-refractivity contribution in [2.45, 2.75) is 13.8 Å². The molecule has 5 nitrogen and oxygen atoms in total. The van der Waals surface area contributed by atoms with E-state index in [1.807, 2.05) is 7.05 Å².